The predicted octanol–water partition coefficient (Wildman–Crippen LogP) is 4.77. The van der Waals surface area contributed by atoms with E-state index < -0.39 is 8.32 Å². The fourth-order valence-electron chi connectivity index (χ4n) is 1.80. The first kappa shape index (κ1) is 14.2. The maximum atomic E-state index is 13.7. The first-order valence-electron chi connectivity index (χ1n) is 6.46. The molecule has 0 aliphatic rings. The molecular formula is C14H23FOSi. The van der Waals surface area contributed by atoms with Crippen LogP contribution in [0.1, 0.15) is 32.3 Å². The fraction of sp³-hybridized carbons (Fsp3) is 0.571. The molecule has 1 aromatic rings. The van der Waals surface area contributed by atoms with Crippen LogP contribution in [0.4, 0.5) is 4.39 Å². The van der Waals surface area contributed by atoms with Gasteiger partial charge in [-0.05, 0) is 43.3 Å². The van der Waals surface area contributed by atoms with E-state index >= 15 is 0 Å². The molecule has 0 unspecified atom stereocenters. The highest BCUT2D eigenvalue weighted by molar-refractivity contribution is 6.71. The van der Waals surface area contributed by atoms with Crippen LogP contribution >= 0.6 is 0 Å². The Balaban J connectivity index is 2.78. The van der Waals surface area contributed by atoms with Crippen LogP contribution in [0.3, 0.4) is 0 Å². The first-order valence-corrected chi connectivity index (χ1v) is 9.57. The molecule has 0 spiro atoms. The van der Waals surface area contributed by atoms with Crippen LogP contribution in [-0.2, 0) is 6.42 Å². The molecule has 1 rings (SSSR count). The Morgan fingerprint density at radius 3 is 2.53 bits per heavy atom. The van der Waals surface area contributed by atoms with Gasteiger partial charge in [-0.15, -0.1) is 0 Å². The van der Waals surface area contributed by atoms with Crippen molar-refractivity contribution in [2.45, 2.75) is 52.2 Å². The summed E-state index contributed by atoms with van der Waals surface area (Å²) >= 11 is 0. The molecule has 17 heavy (non-hydrogen) atoms. The molecule has 0 heterocycles. The van der Waals surface area contributed by atoms with Gasteiger partial charge in [-0.2, -0.15) is 0 Å². The van der Waals surface area contributed by atoms with E-state index in [1.54, 1.807) is 0 Å². The zero-order valence-electron chi connectivity index (χ0n) is 11.3. The highest BCUT2D eigenvalue weighted by Crippen LogP contribution is 2.25. The van der Waals surface area contributed by atoms with Crippen molar-refractivity contribution in [1.82, 2.24) is 0 Å². The standard InChI is InChI=1S/C14H23FOSi/c1-5-7-10-17(3,4)16-14-11-12(6-2)8-9-13(14)15/h8-9,11H,5-7,10H2,1-4H3. The third-order valence-electron chi connectivity index (χ3n) is 2.92. The Kier molecular flexibility index (Phi) is 5.19. The van der Waals surface area contributed by atoms with Crippen LogP contribution < -0.4 is 4.43 Å². The lowest BCUT2D eigenvalue weighted by atomic mass is 10.1. The molecule has 0 amide bonds. The number of unbranched alkanes of at least 4 members (excludes halogenated alkanes) is 1. The monoisotopic (exact) mass is 254 g/mol. The van der Waals surface area contributed by atoms with Crippen molar-refractivity contribution in [1.29, 1.82) is 0 Å². The van der Waals surface area contributed by atoms with Crippen LogP contribution in [-0.4, -0.2) is 8.32 Å². The van der Waals surface area contributed by atoms with Gasteiger partial charge in [-0.3, -0.25) is 0 Å². The maximum Gasteiger partial charge on any atom is 0.245 e. The number of hydrogen-bond donors (Lipinski definition) is 0. The molecule has 0 fully saturated rings. The minimum atomic E-state index is -1.77. The van der Waals surface area contributed by atoms with Crippen molar-refractivity contribution >= 4 is 8.32 Å². The van der Waals surface area contributed by atoms with E-state index in [9.17, 15) is 4.39 Å². The van der Waals surface area contributed by atoms with Gasteiger partial charge in [0.05, 0.1) is 0 Å². The average Bonchev–Trinajstić information content (AvgIpc) is 2.29. The van der Waals surface area contributed by atoms with Crippen molar-refractivity contribution in [3.8, 4) is 5.75 Å². The number of aryl methyl sites for hydroxylation is 1. The van der Waals surface area contributed by atoms with Crippen molar-refractivity contribution in [3.05, 3.63) is 29.6 Å². The highest BCUT2D eigenvalue weighted by Gasteiger charge is 2.24. The maximum absolute atomic E-state index is 13.7. The number of rotatable bonds is 6. The Morgan fingerprint density at radius 2 is 1.94 bits per heavy atom. The van der Waals surface area contributed by atoms with E-state index in [-0.39, 0.29) is 5.82 Å². The van der Waals surface area contributed by atoms with Gasteiger partial charge >= 0.3 is 0 Å². The Morgan fingerprint density at radius 1 is 1.24 bits per heavy atom. The van der Waals surface area contributed by atoms with Crippen LogP contribution in [0, 0.1) is 5.82 Å². The van der Waals surface area contributed by atoms with Crippen LogP contribution in [0.25, 0.3) is 0 Å². The average molecular weight is 254 g/mol. The van der Waals surface area contributed by atoms with Gasteiger partial charge in [-0.25, -0.2) is 4.39 Å². The van der Waals surface area contributed by atoms with E-state index in [1.807, 2.05) is 12.1 Å². The second-order valence-electron chi connectivity index (χ2n) is 5.08. The minimum Gasteiger partial charge on any atom is -0.542 e. The lowest BCUT2D eigenvalue weighted by Crippen LogP contribution is -2.34. The lowest BCUT2D eigenvalue weighted by molar-refractivity contribution is 0.486. The van der Waals surface area contributed by atoms with Gasteiger partial charge < -0.3 is 4.43 Å². The zero-order valence-corrected chi connectivity index (χ0v) is 12.3. The van der Waals surface area contributed by atoms with E-state index in [2.05, 4.69) is 26.9 Å². The Bertz CT molecular complexity index is 363. The third kappa shape index (κ3) is 4.50. The van der Waals surface area contributed by atoms with E-state index in [4.69, 9.17) is 4.43 Å². The smallest absolute Gasteiger partial charge is 0.245 e. The molecule has 1 nitrogen and oxygen atoms in total. The molecule has 1 aromatic carbocycles. The third-order valence-corrected chi connectivity index (χ3v) is 5.25. The summed E-state index contributed by atoms with van der Waals surface area (Å²) in [7, 11) is -1.77. The quantitative estimate of drug-likeness (QED) is 0.664. The summed E-state index contributed by atoms with van der Waals surface area (Å²) in [5.74, 6) is 0.205. The lowest BCUT2D eigenvalue weighted by Gasteiger charge is -2.24. The van der Waals surface area contributed by atoms with Gasteiger partial charge in [0, 0.05) is 0 Å². The molecule has 0 saturated heterocycles. The molecule has 3 heteroatoms. The van der Waals surface area contributed by atoms with E-state index in [1.165, 1.54) is 6.07 Å². The molecule has 0 atom stereocenters. The fourth-order valence-corrected chi connectivity index (χ4v) is 3.86. The van der Waals surface area contributed by atoms with Gasteiger partial charge in [0.1, 0.15) is 5.75 Å². The SMILES string of the molecule is CCCC[Si](C)(C)Oc1cc(CC)ccc1F. The number of hydrogen-bond acceptors (Lipinski definition) is 1. The molecular weight excluding hydrogens is 231 g/mol. The summed E-state index contributed by atoms with van der Waals surface area (Å²) in [5.41, 5.74) is 1.13. The molecule has 0 saturated carbocycles. The molecule has 0 radical (unpaired) electrons. The largest absolute Gasteiger partial charge is 0.542 e. The molecule has 0 aromatic heterocycles. The Labute approximate surface area is 105 Å². The zero-order chi connectivity index (χ0) is 12.9. The van der Waals surface area contributed by atoms with Crippen molar-refractivity contribution in [2.24, 2.45) is 0 Å². The molecule has 96 valence electrons. The van der Waals surface area contributed by atoms with Crippen LogP contribution in [0.2, 0.25) is 19.1 Å². The van der Waals surface area contributed by atoms with Gasteiger partial charge in [0.2, 0.25) is 8.32 Å². The predicted molar refractivity (Wildman–Crippen MR) is 73.6 cm³/mol. The van der Waals surface area contributed by atoms with Crippen LogP contribution in [0.15, 0.2) is 18.2 Å². The Hall–Kier alpha value is -0.833. The normalized spacial score (nSPS) is 11.6. The summed E-state index contributed by atoms with van der Waals surface area (Å²) in [4.78, 5) is 0. The van der Waals surface area contributed by atoms with Crippen molar-refractivity contribution < 1.29 is 8.82 Å². The summed E-state index contributed by atoms with van der Waals surface area (Å²) in [5, 5.41) is 0. The summed E-state index contributed by atoms with van der Waals surface area (Å²) < 4.78 is 19.6. The molecule has 0 aliphatic carbocycles. The van der Waals surface area contributed by atoms with Gasteiger partial charge in [0.15, 0.2) is 5.82 Å². The summed E-state index contributed by atoms with van der Waals surface area (Å²) in [6, 6.07) is 6.26. The van der Waals surface area contributed by atoms with E-state index in [0.29, 0.717) is 5.75 Å². The molecule has 0 N–H and O–H groups in total. The number of benzene rings is 1. The van der Waals surface area contributed by atoms with Crippen LogP contribution in [0.5, 0.6) is 5.75 Å². The van der Waals surface area contributed by atoms with Crippen molar-refractivity contribution in [3.63, 3.8) is 0 Å². The molecule has 0 aliphatic heterocycles. The van der Waals surface area contributed by atoms with Gasteiger partial charge in [-0.1, -0.05) is 32.8 Å². The second kappa shape index (κ2) is 6.19. The summed E-state index contributed by atoms with van der Waals surface area (Å²) in [6.07, 6.45) is 3.24. The first-order chi connectivity index (χ1) is 7.98. The van der Waals surface area contributed by atoms with Gasteiger partial charge in [0.25, 0.3) is 0 Å². The highest BCUT2D eigenvalue weighted by atomic mass is 28.4. The minimum absolute atomic E-state index is 0.237. The van der Waals surface area contributed by atoms with Crippen molar-refractivity contribution in [2.75, 3.05) is 0 Å². The molecule has 0 bridgehead atoms. The topological polar surface area (TPSA) is 9.23 Å². The second-order valence-corrected chi connectivity index (χ2v) is 9.31. The summed E-state index contributed by atoms with van der Waals surface area (Å²) in [6.45, 7) is 8.54. The van der Waals surface area contributed by atoms with E-state index in [0.717, 1.165) is 30.9 Å². The number of halogens is 1.